The van der Waals surface area contributed by atoms with E-state index in [4.69, 9.17) is 0 Å². The van der Waals surface area contributed by atoms with Crippen LogP contribution in [0.1, 0.15) is 23.7 Å². The van der Waals surface area contributed by atoms with Crippen molar-refractivity contribution in [2.45, 2.75) is 13.3 Å². The van der Waals surface area contributed by atoms with Crippen LogP contribution in [-0.4, -0.2) is 30.6 Å². The number of allylic oxidation sites excluding steroid dienone is 1. The second-order valence-corrected chi connectivity index (χ2v) is 3.98. The van der Waals surface area contributed by atoms with Gasteiger partial charge in [-0.05, 0) is 0 Å². The number of Topliss-reactive ketones (excluding diaryl/α,β-unsaturated/α-hetero) is 2. The molecule has 0 aliphatic rings. The molecule has 0 unspecified atom stereocenters. The van der Waals surface area contributed by atoms with Gasteiger partial charge in [0, 0.05) is 32.3 Å². The topological polar surface area (TPSA) is 37.4 Å². The highest BCUT2D eigenvalue weighted by Gasteiger charge is 2.18. The maximum atomic E-state index is 12.2. The summed E-state index contributed by atoms with van der Waals surface area (Å²) in [5.74, 6) is -0.348. The van der Waals surface area contributed by atoms with Gasteiger partial charge >= 0.3 is 0 Å². The summed E-state index contributed by atoms with van der Waals surface area (Å²) in [4.78, 5) is 25.6. The maximum absolute atomic E-state index is 12.2. The lowest BCUT2D eigenvalue weighted by Gasteiger charge is -2.09. The van der Waals surface area contributed by atoms with Gasteiger partial charge in [-0.1, -0.05) is 37.3 Å². The summed E-state index contributed by atoms with van der Waals surface area (Å²) in [6.45, 7) is 1.75. The highest BCUT2D eigenvalue weighted by atomic mass is 16.1. The molecule has 0 heterocycles. The Hall–Kier alpha value is -1.90. The van der Waals surface area contributed by atoms with Gasteiger partial charge in [0.15, 0.2) is 11.6 Å². The van der Waals surface area contributed by atoms with E-state index in [2.05, 4.69) is 0 Å². The number of ketones is 2. The van der Waals surface area contributed by atoms with Gasteiger partial charge in [0.05, 0.1) is 5.57 Å². The summed E-state index contributed by atoms with van der Waals surface area (Å²) in [6.07, 6.45) is 1.92. The van der Waals surface area contributed by atoms with Crippen molar-refractivity contribution in [3.05, 3.63) is 47.7 Å². The normalized spacial score (nSPS) is 11.1. The van der Waals surface area contributed by atoms with Crippen LogP contribution in [0.3, 0.4) is 0 Å². The summed E-state index contributed by atoms with van der Waals surface area (Å²) in [6, 6.07) is 8.85. The Kier molecular flexibility index (Phi) is 4.64. The maximum Gasteiger partial charge on any atom is 0.198 e. The van der Waals surface area contributed by atoms with Crippen molar-refractivity contribution in [3.63, 3.8) is 0 Å². The number of hydrogen-bond donors (Lipinski definition) is 0. The number of carbonyl (C=O) groups excluding carboxylic acids is 2. The lowest BCUT2D eigenvalue weighted by atomic mass is 9.99. The van der Waals surface area contributed by atoms with E-state index in [1.165, 1.54) is 0 Å². The Morgan fingerprint density at radius 2 is 1.76 bits per heavy atom. The van der Waals surface area contributed by atoms with Gasteiger partial charge in [0.1, 0.15) is 0 Å². The average Bonchev–Trinajstić information content (AvgIpc) is 2.35. The molecule has 3 nitrogen and oxygen atoms in total. The largest absolute Gasteiger partial charge is 0.383 e. The third-order valence-electron chi connectivity index (χ3n) is 2.29. The first-order valence-electron chi connectivity index (χ1n) is 5.57. The zero-order valence-electron chi connectivity index (χ0n) is 10.4. The molecule has 1 rings (SSSR count). The zero-order valence-corrected chi connectivity index (χ0v) is 10.4. The predicted octanol–water partition coefficient (Wildman–Crippen LogP) is 2.29. The molecule has 0 aliphatic carbocycles. The number of benzene rings is 1. The van der Waals surface area contributed by atoms with Gasteiger partial charge in [-0.15, -0.1) is 0 Å². The number of nitrogens with zero attached hydrogens (tertiary/aromatic N) is 1. The second-order valence-electron chi connectivity index (χ2n) is 3.98. The van der Waals surface area contributed by atoms with E-state index in [1.807, 2.05) is 6.07 Å². The molecule has 0 saturated heterocycles. The lowest BCUT2D eigenvalue weighted by Crippen LogP contribution is -2.16. The Morgan fingerprint density at radius 3 is 2.24 bits per heavy atom. The summed E-state index contributed by atoms with van der Waals surface area (Å²) in [5, 5.41) is 0. The first-order valence-corrected chi connectivity index (χ1v) is 5.57. The van der Waals surface area contributed by atoms with E-state index < -0.39 is 0 Å². The molecule has 0 amide bonds. The lowest BCUT2D eigenvalue weighted by molar-refractivity contribution is -0.115. The van der Waals surface area contributed by atoms with Crippen LogP contribution in [-0.2, 0) is 4.79 Å². The minimum Gasteiger partial charge on any atom is -0.383 e. The van der Waals surface area contributed by atoms with E-state index in [1.54, 1.807) is 56.4 Å². The van der Waals surface area contributed by atoms with Crippen LogP contribution >= 0.6 is 0 Å². The average molecular weight is 231 g/mol. The minimum absolute atomic E-state index is 0.132. The van der Waals surface area contributed by atoms with Gasteiger partial charge in [-0.25, -0.2) is 0 Å². The van der Waals surface area contributed by atoms with Crippen LogP contribution in [0.4, 0.5) is 0 Å². The van der Waals surface area contributed by atoms with Crippen molar-refractivity contribution in [3.8, 4) is 0 Å². The van der Waals surface area contributed by atoms with Crippen molar-refractivity contribution in [1.29, 1.82) is 0 Å². The Labute approximate surface area is 102 Å². The number of carbonyl (C=O) groups is 2. The summed E-state index contributed by atoms with van der Waals surface area (Å²) in [7, 11) is 3.59. The second kappa shape index (κ2) is 5.99. The Balaban J connectivity index is 3.08. The molecule has 0 atom stereocenters. The SMILES string of the molecule is CCC(=O)C(=CN(C)C)C(=O)c1ccccc1. The summed E-state index contributed by atoms with van der Waals surface area (Å²) < 4.78 is 0. The van der Waals surface area contributed by atoms with Crippen LogP contribution in [0.2, 0.25) is 0 Å². The van der Waals surface area contributed by atoms with Crippen LogP contribution in [0.15, 0.2) is 42.1 Å². The smallest absolute Gasteiger partial charge is 0.198 e. The van der Waals surface area contributed by atoms with Crippen LogP contribution < -0.4 is 0 Å². The molecule has 17 heavy (non-hydrogen) atoms. The van der Waals surface area contributed by atoms with Crippen LogP contribution in [0.5, 0.6) is 0 Å². The van der Waals surface area contributed by atoms with Crippen LogP contribution in [0.25, 0.3) is 0 Å². The quantitative estimate of drug-likeness (QED) is 0.338. The molecule has 3 heteroatoms. The molecule has 0 N–H and O–H groups in total. The predicted molar refractivity (Wildman–Crippen MR) is 67.8 cm³/mol. The first kappa shape index (κ1) is 13.2. The van der Waals surface area contributed by atoms with E-state index in [-0.39, 0.29) is 17.1 Å². The van der Waals surface area contributed by atoms with E-state index in [0.717, 1.165) is 0 Å². The molecule has 0 radical (unpaired) electrons. The molecule has 0 aliphatic heterocycles. The molecule has 0 fully saturated rings. The molecule has 0 bridgehead atoms. The molecule has 0 aromatic heterocycles. The number of hydrogen-bond acceptors (Lipinski definition) is 3. The monoisotopic (exact) mass is 231 g/mol. The molecule has 0 saturated carbocycles. The van der Waals surface area contributed by atoms with Crippen molar-refractivity contribution in [2.75, 3.05) is 14.1 Å². The van der Waals surface area contributed by atoms with Gasteiger partial charge < -0.3 is 4.90 Å². The highest BCUT2D eigenvalue weighted by molar-refractivity contribution is 6.26. The fraction of sp³-hybridized carbons (Fsp3) is 0.286. The van der Waals surface area contributed by atoms with Crippen LogP contribution in [0, 0.1) is 0 Å². The van der Waals surface area contributed by atoms with Crippen molar-refractivity contribution in [1.82, 2.24) is 4.90 Å². The van der Waals surface area contributed by atoms with Gasteiger partial charge in [0.2, 0.25) is 0 Å². The standard InChI is InChI=1S/C14H17NO2/c1-4-13(16)12(10-15(2)3)14(17)11-8-6-5-7-9-11/h5-10H,4H2,1-3H3. The van der Waals surface area contributed by atoms with E-state index >= 15 is 0 Å². The molecule has 90 valence electrons. The zero-order chi connectivity index (χ0) is 12.8. The minimum atomic E-state index is -0.217. The van der Waals surface area contributed by atoms with Crippen molar-refractivity contribution in [2.24, 2.45) is 0 Å². The molecule has 0 spiro atoms. The van der Waals surface area contributed by atoms with Gasteiger partial charge in [-0.2, -0.15) is 0 Å². The van der Waals surface area contributed by atoms with Gasteiger partial charge in [0.25, 0.3) is 0 Å². The molecular formula is C14H17NO2. The van der Waals surface area contributed by atoms with E-state index in [9.17, 15) is 9.59 Å². The molecular weight excluding hydrogens is 214 g/mol. The highest BCUT2D eigenvalue weighted by Crippen LogP contribution is 2.11. The Morgan fingerprint density at radius 1 is 1.18 bits per heavy atom. The summed E-state index contributed by atoms with van der Waals surface area (Å²) >= 11 is 0. The van der Waals surface area contributed by atoms with Crippen molar-refractivity contribution < 1.29 is 9.59 Å². The fourth-order valence-electron chi connectivity index (χ4n) is 1.45. The van der Waals surface area contributed by atoms with Gasteiger partial charge in [-0.3, -0.25) is 9.59 Å². The van der Waals surface area contributed by atoms with E-state index in [0.29, 0.717) is 12.0 Å². The Bertz CT molecular complexity index is 433. The summed E-state index contributed by atoms with van der Waals surface area (Å²) in [5.41, 5.74) is 0.783. The fourth-order valence-corrected chi connectivity index (χ4v) is 1.45. The third-order valence-corrected chi connectivity index (χ3v) is 2.29. The molecule has 1 aromatic carbocycles. The van der Waals surface area contributed by atoms with Crippen molar-refractivity contribution >= 4 is 11.6 Å². The third kappa shape index (κ3) is 3.55. The number of rotatable bonds is 5. The first-order chi connectivity index (χ1) is 8.06. The molecule has 1 aromatic rings.